The lowest BCUT2D eigenvalue weighted by Crippen LogP contribution is -2.29. The van der Waals surface area contributed by atoms with Crippen LogP contribution >= 0.6 is 0 Å². The molecule has 0 bridgehead atoms. The molecule has 0 amide bonds. The first-order valence-electron chi connectivity index (χ1n) is 29.6. The fourth-order valence-electron chi connectivity index (χ4n) is 10.7. The van der Waals surface area contributed by atoms with Crippen LogP contribution in [-0.2, 0) is 37.5 Å². The molecule has 5 aromatic carbocycles. The molecule has 8 N–H and O–H groups in total. The molecule has 11 rings (SSSR count). The van der Waals surface area contributed by atoms with Crippen molar-refractivity contribution < 1.29 is 14.9 Å². The number of pyridine rings is 3. The van der Waals surface area contributed by atoms with Gasteiger partial charge in [0, 0.05) is 63.0 Å². The van der Waals surface area contributed by atoms with E-state index in [2.05, 4.69) is 164 Å². The smallest absolute Gasteiger partial charge is 0.206 e. The number of nitrogens with one attached hydrogen (secondary N) is 2. The number of aromatic nitrogens is 9. The minimum atomic E-state index is -0.866. The molecule has 0 saturated carbocycles. The van der Waals surface area contributed by atoms with Crippen molar-refractivity contribution >= 4 is 101 Å². The SMILES string of the molecule is CCCN(C)c1nc2c(N)nc3ccccc3c2n1CC(C)(C)O.CCCNc1nc2c(N(Cc3ccccc3)Cc3ccccc3)nc3ccccc3c2n1CC(C)(C)OC.CCCNc1nc2c(N)nc3ccccc3c2n1CC(C)(C)O. The number of benzene rings is 5. The number of rotatable bonds is 21. The maximum Gasteiger partial charge on any atom is 0.206 e. The first kappa shape index (κ1) is 61.0. The highest BCUT2D eigenvalue weighted by atomic mass is 16.5. The Morgan fingerprint density at radius 1 is 0.494 bits per heavy atom. The van der Waals surface area contributed by atoms with Crippen LogP contribution in [0, 0.1) is 0 Å². The van der Waals surface area contributed by atoms with Gasteiger partial charge in [0.25, 0.3) is 0 Å². The van der Waals surface area contributed by atoms with E-state index in [1.807, 2.05) is 60.1 Å². The van der Waals surface area contributed by atoms with E-state index >= 15 is 0 Å². The average Bonchev–Trinajstić information content (AvgIpc) is 1.82. The van der Waals surface area contributed by atoms with Crippen molar-refractivity contribution in [3.8, 4) is 0 Å². The van der Waals surface area contributed by atoms with E-state index in [-0.39, 0.29) is 5.60 Å². The summed E-state index contributed by atoms with van der Waals surface area (Å²) in [5.41, 5.74) is 20.5. The van der Waals surface area contributed by atoms with Gasteiger partial charge >= 0.3 is 0 Å². The molecule has 0 atom stereocenters. The standard InChI is InChI=1S/C32H37N5O.C18H25N5O.C17H23N5O/c1-5-20-33-31-35-28-29(37(31)23-32(2,3)38-4)26-18-12-13-19-27(26)34-30(28)36(21-24-14-8-6-9-15-24)22-25-16-10-7-11-17-25;1-5-10-22(4)17-21-14-15(23(17)11-18(2,3)24)12-8-6-7-9-13(12)20-16(14)19;1-4-9-19-16-21-13-14(22(16)10-17(2,3)23)11-7-5-6-8-12(11)20-15(13)18/h6-19H,5,20-23H2,1-4H3,(H,33,35);6-9,24H,5,10-11H2,1-4H3,(H2,19,20);5-8,23H,4,9-10H2,1-3H3,(H2,18,20)(H,19,21). The minimum absolute atomic E-state index is 0.366. The van der Waals surface area contributed by atoms with Gasteiger partial charge in [-0.2, -0.15) is 0 Å². The number of hydrogen-bond acceptors (Lipinski definition) is 15. The van der Waals surface area contributed by atoms with Crippen LogP contribution in [0.3, 0.4) is 0 Å². The van der Waals surface area contributed by atoms with E-state index in [1.54, 1.807) is 34.8 Å². The summed E-state index contributed by atoms with van der Waals surface area (Å²) in [6.07, 6.45) is 3.01. The summed E-state index contributed by atoms with van der Waals surface area (Å²) in [6.45, 7) is 23.3. The average molecular weight is 1150 g/mol. The molecule has 85 heavy (non-hydrogen) atoms. The van der Waals surface area contributed by atoms with Gasteiger partial charge in [-0.1, -0.05) is 136 Å². The Morgan fingerprint density at radius 3 is 1.35 bits per heavy atom. The number of para-hydroxylation sites is 3. The largest absolute Gasteiger partial charge is 0.389 e. The second kappa shape index (κ2) is 26.1. The lowest BCUT2D eigenvalue weighted by atomic mass is 10.1. The van der Waals surface area contributed by atoms with Crippen LogP contribution in [0.4, 0.5) is 35.3 Å². The van der Waals surface area contributed by atoms with Gasteiger partial charge in [0.15, 0.2) is 17.5 Å². The monoisotopic (exact) mass is 1150 g/mol. The molecule has 11 aromatic rings. The zero-order chi connectivity index (χ0) is 60.6. The predicted molar refractivity (Wildman–Crippen MR) is 352 cm³/mol. The van der Waals surface area contributed by atoms with Crippen molar-refractivity contribution in [2.24, 2.45) is 0 Å². The van der Waals surface area contributed by atoms with Crippen LogP contribution in [0.5, 0.6) is 0 Å². The van der Waals surface area contributed by atoms with E-state index in [1.165, 1.54) is 11.1 Å². The zero-order valence-electron chi connectivity index (χ0n) is 51.4. The number of fused-ring (bicyclic) bond motifs is 9. The first-order chi connectivity index (χ1) is 40.7. The minimum Gasteiger partial charge on any atom is -0.389 e. The summed E-state index contributed by atoms with van der Waals surface area (Å²) in [5, 5.41) is 30.7. The second-order valence-electron chi connectivity index (χ2n) is 23.8. The molecule has 6 heterocycles. The quantitative estimate of drug-likeness (QED) is 0.0394. The summed E-state index contributed by atoms with van der Waals surface area (Å²) in [5.74, 6) is 4.09. The van der Waals surface area contributed by atoms with Crippen LogP contribution in [0.15, 0.2) is 133 Å². The van der Waals surface area contributed by atoms with Gasteiger partial charge in [-0.25, -0.2) is 29.9 Å². The molecule has 446 valence electrons. The number of aliphatic hydroxyl groups is 2. The lowest BCUT2D eigenvalue weighted by molar-refractivity contribution is 0.00946. The van der Waals surface area contributed by atoms with Crippen LogP contribution in [0.2, 0.25) is 0 Å². The number of anilines is 6. The van der Waals surface area contributed by atoms with Gasteiger partial charge in [-0.05, 0) is 90.1 Å². The van der Waals surface area contributed by atoms with Crippen molar-refractivity contribution in [3.05, 3.63) is 145 Å². The topological polar surface area (TPSA) is 224 Å². The maximum atomic E-state index is 10.4. The summed E-state index contributed by atoms with van der Waals surface area (Å²) in [7, 11) is 3.78. The highest BCUT2D eigenvalue weighted by molar-refractivity contribution is 6.09. The Bertz CT molecular complexity index is 3990. The van der Waals surface area contributed by atoms with Crippen molar-refractivity contribution in [2.75, 3.05) is 65.7 Å². The molecular formula is C67H85N15O3. The highest BCUT2D eigenvalue weighted by Crippen LogP contribution is 2.38. The molecule has 6 aromatic heterocycles. The Labute approximate surface area is 498 Å². The molecule has 0 fully saturated rings. The van der Waals surface area contributed by atoms with Gasteiger partial charge in [-0.3, -0.25) is 0 Å². The molecule has 18 nitrogen and oxygen atoms in total. The third-order valence-corrected chi connectivity index (χ3v) is 14.6. The number of methoxy groups -OCH3 is 1. The fraction of sp³-hybridized carbons (Fsp3) is 0.373. The highest BCUT2D eigenvalue weighted by Gasteiger charge is 2.28. The van der Waals surface area contributed by atoms with Crippen molar-refractivity contribution in [1.82, 2.24) is 43.6 Å². The van der Waals surface area contributed by atoms with Gasteiger partial charge in [0.1, 0.15) is 16.6 Å². The molecular weight excluding hydrogens is 1060 g/mol. The van der Waals surface area contributed by atoms with Crippen LogP contribution in [0.1, 0.15) is 92.7 Å². The predicted octanol–water partition coefficient (Wildman–Crippen LogP) is 12.6. The van der Waals surface area contributed by atoms with Gasteiger partial charge in [0.2, 0.25) is 17.8 Å². The molecule has 18 heteroatoms. The second-order valence-corrected chi connectivity index (χ2v) is 23.8. The summed E-state index contributed by atoms with van der Waals surface area (Å²) < 4.78 is 12.2. The van der Waals surface area contributed by atoms with E-state index in [4.69, 9.17) is 31.2 Å². The Balaban J connectivity index is 0.000000160. The fourth-order valence-corrected chi connectivity index (χ4v) is 10.7. The number of nitrogens with two attached hydrogens (primary N) is 2. The zero-order valence-corrected chi connectivity index (χ0v) is 51.4. The Kier molecular flexibility index (Phi) is 18.8. The normalized spacial score (nSPS) is 12.0. The number of nitrogens with zero attached hydrogens (tertiary/aromatic N) is 11. The van der Waals surface area contributed by atoms with Crippen LogP contribution in [-0.4, -0.2) is 104 Å². The van der Waals surface area contributed by atoms with Crippen LogP contribution in [0.25, 0.3) is 65.8 Å². The van der Waals surface area contributed by atoms with Crippen molar-refractivity contribution in [3.63, 3.8) is 0 Å². The number of hydrogen-bond donors (Lipinski definition) is 6. The third-order valence-electron chi connectivity index (χ3n) is 14.6. The maximum absolute atomic E-state index is 10.4. The van der Waals surface area contributed by atoms with E-state index in [9.17, 15) is 10.2 Å². The Hall–Kier alpha value is -8.58. The summed E-state index contributed by atoms with van der Waals surface area (Å²) in [6, 6.07) is 45.3. The first-order valence-corrected chi connectivity index (χ1v) is 29.6. The number of imidazole rings is 3. The number of nitrogen functional groups attached to an aromatic ring is 2. The molecule has 0 saturated heterocycles. The lowest BCUT2D eigenvalue weighted by Gasteiger charge is -2.26. The van der Waals surface area contributed by atoms with Crippen molar-refractivity contribution in [2.45, 2.75) is 131 Å². The van der Waals surface area contributed by atoms with Gasteiger partial charge < -0.3 is 60.6 Å². The number of ether oxygens (including phenoxy) is 1. The van der Waals surface area contributed by atoms with E-state index in [0.717, 1.165) is 124 Å². The Morgan fingerprint density at radius 2 is 0.894 bits per heavy atom. The third kappa shape index (κ3) is 14.2. The van der Waals surface area contributed by atoms with Crippen molar-refractivity contribution in [1.29, 1.82) is 0 Å². The summed E-state index contributed by atoms with van der Waals surface area (Å²) in [4.78, 5) is 33.2. The molecule has 0 spiro atoms. The molecule has 0 aliphatic rings. The summed E-state index contributed by atoms with van der Waals surface area (Å²) >= 11 is 0. The molecule has 0 radical (unpaired) electrons. The van der Waals surface area contributed by atoms with E-state index < -0.39 is 11.2 Å². The van der Waals surface area contributed by atoms with E-state index in [0.29, 0.717) is 48.3 Å². The van der Waals surface area contributed by atoms with Crippen LogP contribution < -0.4 is 31.9 Å². The molecule has 0 aliphatic carbocycles. The van der Waals surface area contributed by atoms with Gasteiger partial charge in [-0.15, -0.1) is 0 Å². The van der Waals surface area contributed by atoms with Gasteiger partial charge in [0.05, 0.1) is 69.5 Å². The molecule has 0 unspecified atom stereocenters. The molecule has 0 aliphatic heterocycles.